The molecule has 10 heteroatoms. The minimum atomic E-state index is -4.47. The highest BCUT2D eigenvalue weighted by Crippen LogP contribution is 2.35. The number of benzene rings is 1. The van der Waals surface area contributed by atoms with Crippen molar-refractivity contribution < 1.29 is 31.5 Å². The van der Waals surface area contributed by atoms with Crippen LogP contribution in [0.4, 0.5) is 13.2 Å². The molecule has 2 heterocycles. The van der Waals surface area contributed by atoms with Crippen molar-refractivity contribution in [1.82, 2.24) is 9.80 Å². The smallest absolute Gasteiger partial charge is 0.394 e. The van der Waals surface area contributed by atoms with Gasteiger partial charge in [0, 0.05) is 31.7 Å². The topological polar surface area (TPSA) is 77.9 Å². The summed E-state index contributed by atoms with van der Waals surface area (Å²) in [6, 6.07) is 3.66. The van der Waals surface area contributed by atoms with Crippen LogP contribution < -0.4 is 0 Å². The summed E-state index contributed by atoms with van der Waals surface area (Å²) in [5.74, 6) is -0.0912. The average Bonchev–Trinajstić information content (AvgIpc) is 3.05. The van der Waals surface area contributed by atoms with Crippen LogP contribution in [0.25, 0.3) is 0 Å². The Morgan fingerprint density at radius 3 is 2.27 bits per heavy atom. The summed E-state index contributed by atoms with van der Waals surface area (Å²) in [7, 11) is -3.00. The molecule has 1 amide bonds. The summed E-state index contributed by atoms with van der Waals surface area (Å²) in [6.45, 7) is 3.60. The minimum Gasteiger partial charge on any atom is -0.394 e. The van der Waals surface area contributed by atoms with Gasteiger partial charge in [0.2, 0.25) is 0 Å². The zero-order valence-corrected chi connectivity index (χ0v) is 17.6. The number of amides is 1. The van der Waals surface area contributed by atoms with E-state index in [2.05, 4.69) is 4.90 Å². The normalized spacial score (nSPS) is 27.4. The van der Waals surface area contributed by atoms with Gasteiger partial charge in [-0.3, -0.25) is 4.79 Å². The number of carbonyl (C=O) groups excluding carboxylic acids is 1. The number of halogens is 3. The second-order valence-electron chi connectivity index (χ2n) is 8.07. The van der Waals surface area contributed by atoms with Crippen LogP contribution in [0, 0.1) is 11.8 Å². The summed E-state index contributed by atoms with van der Waals surface area (Å²) in [5, 5.41) is 10.0. The van der Waals surface area contributed by atoms with Gasteiger partial charge in [-0.25, -0.2) is 8.42 Å². The summed E-state index contributed by atoms with van der Waals surface area (Å²) in [5.41, 5.74) is -0.662. The van der Waals surface area contributed by atoms with Crippen molar-refractivity contribution in [2.45, 2.75) is 25.6 Å². The first-order valence-corrected chi connectivity index (χ1v) is 11.9. The fraction of sp³-hybridized carbons (Fsp3) is 0.650. The molecule has 6 nitrogen and oxygen atoms in total. The number of sulfone groups is 1. The van der Waals surface area contributed by atoms with Crippen molar-refractivity contribution in [2.75, 3.05) is 44.3 Å². The third-order valence-electron chi connectivity index (χ3n) is 6.27. The highest BCUT2D eigenvalue weighted by Gasteiger charge is 2.44. The first-order valence-electron chi connectivity index (χ1n) is 10.1. The number of nitrogens with zero attached hydrogens (tertiary/aromatic N) is 2. The summed E-state index contributed by atoms with van der Waals surface area (Å²) >= 11 is 0. The molecule has 0 saturated carbocycles. The molecule has 2 aliphatic heterocycles. The number of hydrogen-bond donors (Lipinski definition) is 1. The molecule has 0 spiro atoms. The average molecular weight is 449 g/mol. The van der Waals surface area contributed by atoms with E-state index in [-0.39, 0.29) is 35.5 Å². The number of aliphatic hydroxyl groups is 1. The SMILES string of the molecule is CC[C@@H]1CN(C(=O)c2ccc(C(F)(F)F)cc2)[C@H](CO)[C@@H]1CN1CCS(=O)(=O)CC1. The molecule has 30 heavy (non-hydrogen) atoms. The molecule has 1 aromatic rings. The molecular weight excluding hydrogens is 421 g/mol. The first kappa shape index (κ1) is 23.0. The fourth-order valence-corrected chi connectivity index (χ4v) is 5.71. The van der Waals surface area contributed by atoms with E-state index in [9.17, 15) is 31.5 Å². The maximum Gasteiger partial charge on any atom is 0.416 e. The Labute approximate surface area is 174 Å². The highest BCUT2D eigenvalue weighted by molar-refractivity contribution is 7.91. The maximum atomic E-state index is 13.0. The molecule has 1 aromatic carbocycles. The second-order valence-corrected chi connectivity index (χ2v) is 10.4. The van der Waals surface area contributed by atoms with Gasteiger partial charge in [-0.15, -0.1) is 0 Å². The van der Waals surface area contributed by atoms with Crippen LogP contribution in [-0.4, -0.2) is 79.6 Å². The number of alkyl halides is 3. The molecule has 3 rings (SSSR count). The third kappa shape index (κ3) is 4.97. The van der Waals surface area contributed by atoms with Crippen LogP contribution in [0.2, 0.25) is 0 Å². The molecule has 2 fully saturated rings. The molecule has 0 bridgehead atoms. The Hall–Kier alpha value is -1.65. The molecule has 0 aliphatic carbocycles. The van der Waals surface area contributed by atoms with Crippen molar-refractivity contribution in [1.29, 1.82) is 0 Å². The Bertz CT molecular complexity index is 844. The van der Waals surface area contributed by atoms with E-state index in [1.54, 1.807) is 4.90 Å². The first-order chi connectivity index (χ1) is 14.1. The summed E-state index contributed by atoms with van der Waals surface area (Å²) in [6.07, 6.45) is -3.69. The van der Waals surface area contributed by atoms with Crippen LogP contribution in [0.15, 0.2) is 24.3 Å². The Morgan fingerprint density at radius 2 is 1.77 bits per heavy atom. The summed E-state index contributed by atoms with van der Waals surface area (Å²) in [4.78, 5) is 16.6. The lowest BCUT2D eigenvalue weighted by molar-refractivity contribution is -0.137. The van der Waals surface area contributed by atoms with E-state index in [0.29, 0.717) is 26.2 Å². The quantitative estimate of drug-likeness (QED) is 0.745. The lowest BCUT2D eigenvalue weighted by atomic mass is 9.88. The van der Waals surface area contributed by atoms with E-state index in [1.165, 1.54) is 12.1 Å². The maximum absolute atomic E-state index is 13.0. The highest BCUT2D eigenvalue weighted by atomic mass is 32.2. The number of hydrogen-bond acceptors (Lipinski definition) is 5. The largest absolute Gasteiger partial charge is 0.416 e. The van der Waals surface area contributed by atoms with Crippen LogP contribution >= 0.6 is 0 Å². The molecule has 168 valence electrons. The second kappa shape index (κ2) is 8.84. The minimum absolute atomic E-state index is 0.0285. The zero-order valence-electron chi connectivity index (χ0n) is 16.8. The Kier molecular flexibility index (Phi) is 6.78. The molecule has 0 aromatic heterocycles. The third-order valence-corrected chi connectivity index (χ3v) is 7.88. The van der Waals surface area contributed by atoms with E-state index < -0.39 is 33.5 Å². The number of likely N-dealkylation sites (tertiary alicyclic amines) is 1. The van der Waals surface area contributed by atoms with Crippen molar-refractivity contribution >= 4 is 15.7 Å². The van der Waals surface area contributed by atoms with Gasteiger partial charge < -0.3 is 14.9 Å². The molecule has 1 N–H and O–H groups in total. The zero-order chi connectivity index (χ0) is 22.1. The molecular formula is C20H27F3N2O4S. The van der Waals surface area contributed by atoms with Gasteiger partial charge >= 0.3 is 6.18 Å². The van der Waals surface area contributed by atoms with Crippen LogP contribution in [-0.2, 0) is 16.0 Å². The predicted octanol–water partition coefficient (Wildman–Crippen LogP) is 1.89. The van der Waals surface area contributed by atoms with Gasteiger partial charge in [-0.1, -0.05) is 13.3 Å². The van der Waals surface area contributed by atoms with Crippen molar-refractivity contribution in [2.24, 2.45) is 11.8 Å². The monoisotopic (exact) mass is 448 g/mol. The van der Waals surface area contributed by atoms with Gasteiger partial charge in [0.1, 0.15) is 0 Å². The van der Waals surface area contributed by atoms with Crippen molar-refractivity contribution in [3.63, 3.8) is 0 Å². The Morgan fingerprint density at radius 1 is 1.17 bits per heavy atom. The van der Waals surface area contributed by atoms with Gasteiger partial charge in [0.15, 0.2) is 9.84 Å². The van der Waals surface area contributed by atoms with Gasteiger partial charge in [0.05, 0.1) is 29.7 Å². The number of carbonyl (C=O) groups is 1. The van der Waals surface area contributed by atoms with Gasteiger partial charge in [-0.2, -0.15) is 13.2 Å². The molecule has 0 radical (unpaired) electrons. The molecule has 2 aliphatic rings. The van der Waals surface area contributed by atoms with Gasteiger partial charge in [0.25, 0.3) is 5.91 Å². The van der Waals surface area contributed by atoms with Crippen molar-refractivity contribution in [3.05, 3.63) is 35.4 Å². The standard InChI is InChI=1S/C20H27F3N2O4S/c1-2-14-11-25(19(27)15-3-5-16(6-4-15)20(21,22)23)18(13-26)17(14)12-24-7-9-30(28,29)10-8-24/h3-6,14,17-18,26H,2,7-13H2,1H3/t14-,17-,18-/m1/s1. The molecule has 0 unspecified atom stereocenters. The molecule has 3 atom stereocenters. The van der Waals surface area contributed by atoms with E-state index in [1.807, 2.05) is 6.92 Å². The van der Waals surface area contributed by atoms with Crippen LogP contribution in [0.5, 0.6) is 0 Å². The molecule has 2 saturated heterocycles. The predicted molar refractivity (Wildman–Crippen MR) is 106 cm³/mol. The van der Waals surface area contributed by atoms with E-state index in [0.717, 1.165) is 18.6 Å². The van der Waals surface area contributed by atoms with E-state index >= 15 is 0 Å². The van der Waals surface area contributed by atoms with Crippen LogP contribution in [0.1, 0.15) is 29.3 Å². The van der Waals surface area contributed by atoms with Gasteiger partial charge in [-0.05, 0) is 36.1 Å². The fourth-order valence-electron chi connectivity index (χ4n) is 4.44. The summed E-state index contributed by atoms with van der Waals surface area (Å²) < 4.78 is 61.7. The van der Waals surface area contributed by atoms with Crippen molar-refractivity contribution in [3.8, 4) is 0 Å². The van der Waals surface area contributed by atoms with Crippen LogP contribution in [0.3, 0.4) is 0 Å². The number of rotatable bonds is 5. The number of aliphatic hydroxyl groups excluding tert-OH is 1. The Balaban J connectivity index is 1.74. The lowest BCUT2D eigenvalue weighted by Gasteiger charge is -2.33. The lowest BCUT2D eigenvalue weighted by Crippen LogP contribution is -2.47. The van der Waals surface area contributed by atoms with E-state index in [4.69, 9.17) is 0 Å².